The first-order valence-corrected chi connectivity index (χ1v) is 8.81. The van der Waals surface area contributed by atoms with Gasteiger partial charge in [-0.2, -0.15) is 0 Å². The van der Waals surface area contributed by atoms with Gasteiger partial charge in [0, 0.05) is 11.4 Å². The van der Waals surface area contributed by atoms with Crippen molar-refractivity contribution in [2.24, 2.45) is 11.3 Å². The molecule has 0 bridgehead atoms. The molecule has 0 fully saturated rings. The third kappa shape index (κ3) is 2.76. The van der Waals surface area contributed by atoms with Crippen LogP contribution < -0.4 is 5.32 Å². The van der Waals surface area contributed by atoms with E-state index in [0.29, 0.717) is 16.5 Å². The standard InChI is InChI=1S/C16H22ClN3S/c1-5-18-15-19-13(17)12-10-7-6-9(16(2,3)4)8-11(10)21-14(12)20-15/h9H,5-8H2,1-4H3,(H,18,19,20). The van der Waals surface area contributed by atoms with Crippen LogP contribution in [0.15, 0.2) is 0 Å². The van der Waals surface area contributed by atoms with Crippen molar-refractivity contribution in [2.75, 3.05) is 11.9 Å². The fourth-order valence-electron chi connectivity index (χ4n) is 3.11. The Morgan fingerprint density at radius 1 is 1.33 bits per heavy atom. The van der Waals surface area contributed by atoms with Gasteiger partial charge in [-0.25, -0.2) is 9.97 Å². The topological polar surface area (TPSA) is 37.8 Å². The molecule has 21 heavy (non-hydrogen) atoms. The molecule has 0 aliphatic heterocycles. The molecule has 0 spiro atoms. The molecule has 2 heterocycles. The first kappa shape index (κ1) is 15.0. The summed E-state index contributed by atoms with van der Waals surface area (Å²) in [5.41, 5.74) is 1.75. The summed E-state index contributed by atoms with van der Waals surface area (Å²) in [5.74, 6) is 1.37. The first-order valence-electron chi connectivity index (χ1n) is 7.61. The van der Waals surface area contributed by atoms with E-state index < -0.39 is 0 Å². The Morgan fingerprint density at radius 2 is 2.10 bits per heavy atom. The summed E-state index contributed by atoms with van der Waals surface area (Å²) in [6, 6.07) is 0. The quantitative estimate of drug-likeness (QED) is 0.796. The normalized spacial score (nSPS) is 18.8. The van der Waals surface area contributed by atoms with Gasteiger partial charge in [0.2, 0.25) is 5.95 Å². The van der Waals surface area contributed by atoms with Crippen molar-refractivity contribution in [1.29, 1.82) is 0 Å². The molecule has 0 amide bonds. The van der Waals surface area contributed by atoms with Crippen molar-refractivity contribution in [3.05, 3.63) is 15.6 Å². The highest BCUT2D eigenvalue weighted by atomic mass is 35.5. The maximum absolute atomic E-state index is 6.42. The van der Waals surface area contributed by atoms with E-state index in [2.05, 4.69) is 36.1 Å². The smallest absolute Gasteiger partial charge is 0.225 e. The molecule has 3 nitrogen and oxygen atoms in total. The molecule has 1 N–H and O–H groups in total. The molecule has 0 saturated carbocycles. The predicted octanol–water partition coefficient (Wildman–Crippen LogP) is 4.93. The fraction of sp³-hybridized carbons (Fsp3) is 0.625. The van der Waals surface area contributed by atoms with Crippen molar-refractivity contribution in [2.45, 2.75) is 47.0 Å². The van der Waals surface area contributed by atoms with Gasteiger partial charge in [0.25, 0.3) is 0 Å². The number of hydrogen-bond acceptors (Lipinski definition) is 4. The minimum atomic E-state index is 0.359. The average Bonchev–Trinajstić information content (AvgIpc) is 2.75. The van der Waals surface area contributed by atoms with E-state index >= 15 is 0 Å². The second-order valence-corrected chi connectivity index (χ2v) is 8.30. The number of aromatic nitrogens is 2. The van der Waals surface area contributed by atoms with Crippen LogP contribution in [0.1, 0.15) is 44.6 Å². The van der Waals surface area contributed by atoms with Crippen LogP contribution in [-0.2, 0) is 12.8 Å². The number of hydrogen-bond donors (Lipinski definition) is 1. The van der Waals surface area contributed by atoms with Gasteiger partial charge in [0.1, 0.15) is 9.98 Å². The lowest BCUT2D eigenvalue weighted by molar-refractivity contribution is 0.218. The number of fused-ring (bicyclic) bond motifs is 3. The van der Waals surface area contributed by atoms with E-state index in [0.717, 1.165) is 35.5 Å². The van der Waals surface area contributed by atoms with Gasteiger partial charge in [-0.3, -0.25) is 0 Å². The molecule has 2 aromatic rings. The summed E-state index contributed by atoms with van der Waals surface area (Å²) in [6.07, 6.45) is 3.47. The minimum Gasteiger partial charge on any atom is -0.354 e. The Labute approximate surface area is 135 Å². The maximum Gasteiger partial charge on any atom is 0.225 e. The van der Waals surface area contributed by atoms with Gasteiger partial charge in [-0.1, -0.05) is 32.4 Å². The number of nitrogens with zero attached hydrogens (tertiary/aromatic N) is 2. The van der Waals surface area contributed by atoms with Crippen LogP contribution in [0.25, 0.3) is 10.2 Å². The maximum atomic E-state index is 6.42. The lowest BCUT2D eigenvalue weighted by Crippen LogP contribution is -2.26. The van der Waals surface area contributed by atoms with Crippen LogP contribution in [0.5, 0.6) is 0 Å². The molecule has 1 atom stereocenters. The number of aryl methyl sites for hydroxylation is 1. The number of halogens is 1. The molecular weight excluding hydrogens is 302 g/mol. The largest absolute Gasteiger partial charge is 0.354 e. The lowest BCUT2D eigenvalue weighted by atomic mass is 9.72. The van der Waals surface area contributed by atoms with Gasteiger partial charge in [0.05, 0.1) is 5.39 Å². The molecule has 3 rings (SSSR count). The van der Waals surface area contributed by atoms with E-state index in [9.17, 15) is 0 Å². The van der Waals surface area contributed by atoms with Crippen molar-refractivity contribution >= 4 is 39.1 Å². The molecule has 0 radical (unpaired) electrons. The van der Waals surface area contributed by atoms with E-state index in [1.165, 1.54) is 16.9 Å². The van der Waals surface area contributed by atoms with E-state index in [4.69, 9.17) is 11.6 Å². The Kier molecular flexibility index (Phi) is 3.87. The Balaban J connectivity index is 2.04. The Hall–Kier alpha value is -0.870. The molecule has 2 aromatic heterocycles. The molecule has 1 unspecified atom stereocenters. The van der Waals surface area contributed by atoms with Crippen molar-refractivity contribution in [1.82, 2.24) is 9.97 Å². The van der Waals surface area contributed by atoms with Gasteiger partial charge in [0.15, 0.2) is 0 Å². The number of thiophene rings is 1. The zero-order valence-corrected chi connectivity index (χ0v) is 14.7. The third-order valence-electron chi connectivity index (χ3n) is 4.42. The van der Waals surface area contributed by atoms with Gasteiger partial charge >= 0.3 is 0 Å². The number of nitrogens with one attached hydrogen (secondary N) is 1. The van der Waals surface area contributed by atoms with Crippen LogP contribution in [0, 0.1) is 11.3 Å². The molecule has 114 valence electrons. The molecule has 1 aliphatic rings. The van der Waals surface area contributed by atoms with Crippen LogP contribution in [0.2, 0.25) is 5.15 Å². The third-order valence-corrected chi connectivity index (χ3v) is 5.85. The van der Waals surface area contributed by atoms with Crippen molar-refractivity contribution in [3.8, 4) is 0 Å². The molecule has 0 aromatic carbocycles. The second kappa shape index (κ2) is 5.40. The molecule has 0 saturated heterocycles. The second-order valence-electron chi connectivity index (χ2n) is 6.86. The first-order chi connectivity index (χ1) is 9.90. The van der Waals surface area contributed by atoms with Gasteiger partial charge in [-0.05, 0) is 43.1 Å². The Bertz CT molecular complexity index is 672. The average molecular weight is 324 g/mol. The highest BCUT2D eigenvalue weighted by Gasteiger charge is 2.31. The lowest BCUT2D eigenvalue weighted by Gasteiger charge is -2.33. The predicted molar refractivity (Wildman–Crippen MR) is 91.6 cm³/mol. The summed E-state index contributed by atoms with van der Waals surface area (Å²) < 4.78 is 0. The summed E-state index contributed by atoms with van der Waals surface area (Å²) in [5, 5.41) is 4.84. The fourth-order valence-corrected chi connectivity index (χ4v) is 4.75. The van der Waals surface area contributed by atoms with Gasteiger partial charge in [-0.15, -0.1) is 11.3 Å². The van der Waals surface area contributed by atoms with Crippen LogP contribution in [0.3, 0.4) is 0 Å². The number of rotatable bonds is 2. The highest BCUT2D eigenvalue weighted by Crippen LogP contribution is 2.44. The molecule has 5 heteroatoms. The molecular formula is C16H22ClN3S. The van der Waals surface area contributed by atoms with Crippen LogP contribution >= 0.6 is 22.9 Å². The summed E-state index contributed by atoms with van der Waals surface area (Å²) in [7, 11) is 0. The Morgan fingerprint density at radius 3 is 2.76 bits per heavy atom. The van der Waals surface area contributed by atoms with E-state index in [-0.39, 0.29) is 0 Å². The molecule has 1 aliphatic carbocycles. The van der Waals surface area contributed by atoms with Gasteiger partial charge < -0.3 is 5.32 Å². The summed E-state index contributed by atoms with van der Waals surface area (Å²) in [4.78, 5) is 11.5. The van der Waals surface area contributed by atoms with Crippen LogP contribution in [0.4, 0.5) is 5.95 Å². The SMILES string of the molecule is CCNc1nc(Cl)c2c3c(sc2n1)CC(C(C)(C)C)CC3. The highest BCUT2D eigenvalue weighted by molar-refractivity contribution is 7.19. The van der Waals surface area contributed by atoms with E-state index in [1.54, 1.807) is 11.3 Å². The number of anilines is 1. The van der Waals surface area contributed by atoms with Crippen molar-refractivity contribution in [3.63, 3.8) is 0 Å². The van der Waals surface area contributed by atoms with Crippen molar-refractivity contribution < 1.29 is 0 Å². The zero-order chi connectivity index (χ0) is 15.2. The van der Waals surface area contributed by atoms with Crippen LogP contribution in [-0.4, -0.2) is 16.5 Å². The monoisotopic (exact) mass is 323 g/mol. The summed E-state index contributed by atoms with van der Waals surface area (Å²) >= 11 is 8.22. The zero-order valence-electron chi connectivity index (χ0n) is 13.1. The van der Waals surface area contributed by atoms with E-state index in [1.807, 2.05) is 6.92 Å². The minimum absolute atomic E-state index is 0.359. The summed E-state index contributed by atoms with van der Waals surface area (Å²) in [6.45, 7) is 9.86.